The van der Waals surface area contributed by atoms with E-state index in [1.807, 2.05) is 26.8 Å². The maximum Gasteiger partial charge on any atom is 0.420 e. The molecule has 0 unspecified atom stereocenters. The van der Waals surface area contributed by atoms with Crippen LogP contribution in [0, 0.1) is 0 Å². The van der Waals surface area contributed by atoms with Gasteiger partial charge in [0.05, 0.1) is 18.4 Å². The predicted octanol–water partition coefficient (Wildman–Crippen LogP) is 4.46. The molecule has 1 aromatic carbocycles. The van der Waals surface area contributed by atoms with E-state index in [0.717, 1.165) is 12.8 Å². The van der Waals surface area contributed by atoms with Gasteiger partial charge >= 0.3 is 12.1 Å². The van der Waals surface area contributed by atoms with Crippen LogP contribution < -0.4 is 0 Å². The predicted molar refractivity (Wildman–Crippen MR) is 99.2 cm³/mol. The van der Waals surface area contributed by atoms with Gasteiger partial charge in [-0.25, -0.2) is 19.1 Å². The number of ether oxygens (including phenoxy) is 2. The Morgan fingerprint density at radius 2 is 1.88 bits per heavy atom. The fourth-order valence-electron chi connectivity index (χ4n) is 2.52. The molecule has 2 aromatic rings. The minimum Gasteiger partial charge on any atom is -0.465 e. The van der Waals surface area contributed by atoms with Crippen LogP contribution in [0.3, 0.4) is 0 Å². The summed E-state index contributed by atoms with van der Waals surface area (Å²) >= 11 is 0. The fraction of sp³-hybridized carbons (Fsp3) is 0.450. The lowest BCUT2D eigenvalue weighted by Gasteiger charge is -2.20. The summed E-state index contributed by atoms with van der Waals surface area (Å²) in [5, 5.41) is 0. The van der Waals surface area contributed by atoms with E-state index in [0.29, 0.717) is 29.1 Å². The quantitative estimate of drug-likeness (QED) is 0.738. The van der Waals surface area contributed by atoms with Crippen LogP contribution in [0.5, 0.6) is 0 Å². The van der Waals surface area contributed by atoms with E-state index >= 15 is 0 Å². The van der Waals surface area contributed by atoms with E-state index in [-0.39, 0.29) is 0 Å². The van der Waals surface area contributed by atoms with Gasteiger partial charge in [0.1, 0.15) is 11.4 Å². The number of hydrogen-bond donors (Lipinski definition) is 0. The average Bonchev–Trinajstić information content (AvgIpc) is 3.02. The highest BCUT2D eigenvalue weighted by Crippen LogP contribution is 2.25. The van der Waals surface area contributed by atoms with Crippen molar-refractivity contribution in [2.24, 2.45) is 0 Å². The third-order valence-corrected chi connectivity index (χ3v) is 3.73. The number of nitrogens with zero attached hydrogens (tertiary/aromatic N) is 2. The number of imidazole rings is 1. The lowest BCUT2D eigenvalue weighted by molar-refractivity contribution is 0.0530. The molecule has 0 fully saturated rings. The highest BCUT2D eigenvalue weighted by atomic mass is 16.6. The first-order chi connectivity index (χ1) is 12.3. The minimum absolute atomic E-state index is 0.408. The monoisotopic (exact) mass is 358 g/mol. The second kappa shape index (κ2) is 8.17. The first kappa shape index (κ1) is 19.7. The third kappa shape index (κ3) is 4.71. The van der Waals surface area contributed by atoms with Gasteiger partial charge in [0.15, 0.2) is 0 Å². The number of methoxy groups -OCH3 is 1. The molecule has 26 heavy (non-hydrogen) atoms. The average molecular weight is 358 g/mol. The number of hydrogen-bond acceptors (Lipinski definition) is 5. The zero-order valence-electron chi connectivity index (χ0n) is 16.0. The molecule has 0 saturated heterocycles. The topological polar surface area (TPSA) is 70.4 Å². The third-order valence-electron chi connectivity index (χ3n) is 3.73. The number of esters is 1. The molecule has 0 bridgehead atoms. The van der Waals surface area contributed by atoms with E-state index in [1.165, 1.54) is 11.7 Å². The van der Waals surface area contributed by atoms with Crippen LogP contribution in [0.15, 0.2) is 30.5 Å². The van der Waals surface area contributed by atoms with Crippen LogP contribution in [-0.4, -0.2) is 34.3 Å². The summed E-state index contributed by atoms with van der Waals surface area (Å²) in [6.45, 7) is 7.54. The molecule has 1 aromatic heterocycles. The molecule has 0 saturated carbocycles. The number of benzene rings is 1. The van der Waals surface area contributed by atoms with Crippen molar-refractivity contribution in [3.8, 4) is 11.3 Å². The summed E-state index contributed by atoms with van der Waals surface area (Å²) < 4.78 is 11.8. The maximum atomic E-state index is 12.6. The first-order valence-electron chi connectivity index (χ1n) is 8.76. The molecule has 0 aliphatic rings. The molecule has 6 nitrogen and oxygen atoms in total. The Morgan fingerprint density at radius 1 is 1.19 bits per heavy atom. The molecule has 2 rings (SSSR count). The molecule has 0 radical (unpaired) electrons. The van der Waals surface area contributed by atoms with Crippen LogP contribution in [0.1, 0.15) is 56.7 Å². The van der Waals surface area contributed by atoms with Gasteiger partial charge in [-0.1, -0.05) is 31.5 Å². The summed E-state index contributed by atoms with van der Waals surface area (Å²) in [6.07, 6.45) is 3.68. The van der Waals surface area contributed by atoms with Gasteiger partial charge < -0.3 is 9.47 Å². The largest absolute Gasteiger partial charge is 0.465 e. The van der Waals surface area contributed by atoms with Crippen molar-refractivity contribution in [1.29, 1.82) is 0 Å². The fourth-order valence-corrected chi connectivity index (χ4v) is 2.52. The second-order valence-electron chi connectivity index (χ2n) is 7.03. The number of aryl methyl sites for hydroxylation is 1. The Kier molecular flexibility index (Phi) is 6.18. The Labute approximate surface area is 154 Å². The van der Waals surface area contributed by atoms with Crippen LogP contribution in [0.2, 0.25) is 0 Å². The van der Waals surface area contributed by atoms with Crippen LogP contribution in [0.25, 0.3) is 11.3 Å². The van der Waals surface area contributed by atoms with Crippen molar-refractivity contribution in [3.05, 3.63) is 41.9 Å². The van der Waals surface area contributed by atoms with E-state index in [9.17, 15) is 9.59 Å². The number of rotatable bonds is 5. The van der Waals surface area contributed by atoms with Crippen LogP contribution >= 0.6 is 0 Å². The molecular weight excluding hydrogens is 332 g/mol. The van der Waals surface area contributed by atoms with Crippen molar-refractivity contribution >= 4 is 12.1 Å². The highest BCUT2D eigenvalue weighted by Gasteiger charge is 2.23. The van der Waals surface area contributed by atoms with E-state index in [4.69, 9.17) is 9.47 Å². The van der Waals surface area contributed by atoms with Gasteiger partial charge in [-0.2, -0.15) is 0 Å². The molecule has 0 amide bonds. The zero-order valence-corrected chi connectivity index (χ0v) is 16.0. The van der Waals surface area contributed by atoms with Gasteiger partial charge in [-0.15, -0.1) is 0 Å². The Morgan fingerprint density at radius 3 is 2.50 bits per heavy atom. The molecule has 0 atom stereocenters. The molecule has 1 heterocycles. The van der Waals surface area contributed by atoms with Crippen molar-refractivity contribution < 1.29 is 19.1 Å². The zero-order chi connectivity index (χ0) is 19.3. The summed E-state index contributed by atoms with van der Waals surface area (Å²) in [6, 6.07) is 7.05. The van der Waals surface area contributed by atoms with Gasteiger partial charge in [0, 0.05) is 18.2 Å². The maximum absolute atomic E-state index is 12.6. The summed E-state index contributed by atoms with van der Waals surface area (Å²) in [4.78, 5) is 29.2. The molecule has 0 aliphatic heterocycles. The van der Waals surface area contributed by atoms with Crippen molar-refractivity contribution in [2.45, 2.75) is 52.6 Å². The smallest absolute Gasteiger partial charge is 0.420 e. The summed E-state index contributed by atoms with van der Waals surface area (Å²) in [7, 11) is 1.34. The second-order valence-corrected chi connectivity index (χ2v) is 7.03. The van der Waals surface area contributed by atoms with E-state index in [1.54, 1.807) is 24.4 Å². The number of carbonyl (C=O) groups is 2. The van der Waals surface area contributed by atoms with Crippen molar-refractivity contribution in [2.75, 3.05) is 7.11 Å². The lowest BCUT2D eigenvalue weighted by Crippen LogP contribution is -2.27. The number of aromatic nitrogens is 2. The van der Waals surface area contributed by atoms with Crippen molar-refractivity contribution in [3.63, 3.8) is 0 Å². The lowest BCUT2D eigenvalue weighted by atomic mass is 10.1. The van der Waals surface area contributed by atoms with Crippen molar-refractivity contribution in [1.82, 2.24) is 9.55 Å². The Bertz CT molecular complexity index is 787. The molecule has 0 aliphatic carbocycles. The van der Waals surface area contributed by atoms with Gasteiger partial charge in [-0.05, 0) is 33.3 Å². The number of unbranched alkanes of at least 4 members (excludes halogenated alkanes) is 1. The SMILES string of the molecule is CCCCc1nc(-c2ccccc2C(=O)OC)cn1C(=O)OC(C)(C)C. The van der Waals surface area contributed by atoms with Crippen LogP contribution in [-0.2, 0) is 15.9 Å². The molecule has 140 valence electrons. The summed E-state index contributed by atoms with van der Waals surface area (Å²) in [5.74, 6) is 0.179. The molecule has 6 heteroatoms. The van der Waals surface area contributed by atoms with Gasteiger partial charge in [0.25, 0.3) is 0 Å². The van der Waals surface area contributed by atoms with Gasteiger partial charge in [0.2, 0.25) is 0 Å². The van der Waals surface area contributed by atoms with E-state index in [2.05, 4.69) is 11.9 Å². The first-order valence-corrected chi connectivity index (χ1v) is 8.76. The molecular formula is C20H26N2O4. The standard InChI is InChI=1S/C20H26N2O4/c1-6-7-12-17-21-16(13-22(17)19(24)26-20(2,3)4)14-10-8-9-11-15(14)18(23)25-5/h8-11,13H,6-7,12H2,1-5H3. The molecule has 0 N–H and O–H groups in total. The minimum atomic E-state index is -0.604. The number of carbonyl (C=O) groups excluding carboxylic acids is 2. The van der Waals surface area contributed by atoms with Crippen LogP contribution in [0.4, 0.5) is 4.79 Å². The van der Waals surface area contributed by atoms with Gasteiger partial charge in [-0.3, -0.25) is 0 Å². The normalized spacial score (nSPS) is 11.3. The summed E-state index contributed by atoms with van der Waals surface area (Å²) in [5.41, 5.74) is 0.973. The van der Waals surface area contributed by atoms with E-state index < -0.39 is 17.7 Å². The molecule has 0 spiro atoms. The Balaban J connectivity index is 2.49. The Hall–Kier alpha value is -2.63. The highest BCUT2D eigenvalue weighted by molar-refractivity contribution is 5.96.